The average molecular weight is 156 g/mol. The molecule has 0 aromatic heterocycles. The Morgan fingerprint density at radius 1 is 1.27 bits per heavy atom. The van der Waals surface area contributed by atoms with Crippen molar-refractivity contribution >= 4 is 0 Å². The fraction of sp³-hybridized carbons (Fsp3) is 1.00. The maximum Gasteiger partial charge on any atom is 0.0593 e. The molecule has 1 rings (SSSR count). The molecule has 2 heteroatoms. The van der Waals surface area contributed by atoms with Crippen LogP contribution >= 0.6 is 0 Å². The number of rotatable bonds is 1. The van der Waals surface area contributed by atoms with Gasteiger partial charge in [0.1, 0.15) is 0 Å². The average Bonchev–Trinajstić information content (AvgIpc) is 1.94. The van der Waals surface area contributed by atoms with Crippen LogP contribution in [0.1, 0.15) is 27.2 Å². The van der Waals surface area contributed by atoms with Crippen molar-refractivity contribution < 1.29 is 0 Å². The topological polar surface area (TPSA) is 6.48 Å². The summed E-state index contributed by atoms with van der Waals surface area (Å²) in [6, 6.07) is 0.688. The Morgan fingerprint density at radius 2 is 1.91 bits per heavy atom. The summed E-state index contributed by atoms with van der Waals surface area (Å²) in [6.07, 6.45) is 1.95. The SMILES string of the molecule is CC(C)N1CCCN(C)C1C. The zero-order chi connectivity index (χ0) is 8.43. The van der Waals surface area contributed by atoms with E-state index in [1.807, 2.05) is 0 Å². The van der Waals surface area contributed by atoms with Gasteiger partial charge in [0, 0.05) is 19.1 Å². The van der Waals surface area contributed by atoms with Crippen LogP contribution in [0.2, 0.25) is 0 Å². The molecule has 0 N–H and O–H groups in total. The second kappa shape index (κ2) is 3.55. The molecule has 0 bridgehead atoms. The van der Waals surface area contributed by atoms with E-state index >= 15 is 0 Å². The van der Waals surface area contributed by atoms with Gasteiger partial charge in [0.15, 0.2) is 0 Å². The molecule has 1 aliphatic heterocycles. The van der Waals surface area contributed by atoms with Crippen LogP contribution in [0.4, 0.5) is 0 Å². The minimum absolute atomic E-state index is 0.628. The van der Waals surface area contributed by atoms with Crippen LogP contribution in [-0.4, -0.2) is 42.1 Å². The van der Waals surface area contributed by atoms with Gasteiger partial charge in [-0.2, -0.15) is 0 Å². The van der Waals surface area contributed by atoms with E-state index in [9.17, 15) is 0 Å². The lowest BCUT2D eigenvalue weighted by molar-refractivity contribution is 0.0126. The summed E-state index contributed by atoms with van der Waals surface area (Å²) >= 11 is 0. The molecular weight excluding hydrogens is 136 g/mol. The molecular formula is C9H20N2. The molecule has 0 amide bonds. The molecule has 1 heterocycles. The highest BCUT2D eigenvalue weighted by Gasteiger charge is 2.23. The third-order valence-electron chi connectivity index (χ3n) is 2.71. The molecule has 1 fully saturated rings. The van der Waals surface area contributed by atoms with Crippen molar-refractivity contribution in [3.05, 3.63) is 0 Å². The Hall–Kier alpha value is -0.0800. The summed E-state index contributed by atoms with van der Waals surface area (Å²) in [5.74, 6) is 0. The Morgan fingerprint density at radius 3 is 2.36 bits per heavy atom. The summed E-state index contributed by atoms with van der Waals surface area (Å²) in [7, 11) is 2.21. The van der Waals surface area contributed by atoms with Gasteiger partial charge in [0.25, 0.3) is 0 Å². The number of hydrogen-bond donors (Lipinski definition) is 0. The third-order valence-corrected chi connectivity index (χ3v) is 2.71. The van der Waals surface area contributed by atoms with E-state index in [2.05, 4.69) is 37.6 Å². The molecule has 11 heavy (non-hydrogen) atoms. The largest absolute Gasteiger partial charge is 0.291 e. The molecule has 0 aromatic rings. The second-order valence-electron chi connectivity index (χ2n) is 3.80. The maximum absolute atomic E-state index is 2.55. The molecule has 2 nitrogen and oxygen atoms in total. The van der Waals surface area contributed by atoms with Gasteiger partial charge >= 0.3 is 0 Å². The third kappa shape index (κ3) is 1.94. The van der Waals surface area contributed by atoms with E-state index in [0.717, 1.165) is 0 Å². The first kappa shape index (κ1) is 9.01. The molecule has 0 aromatic carbocycles. The van der Waals surface area contributed by atoms with E-state index in [1.165, 1.54) is 19.5 Å². The fourth-order valence-electron chi connectivity index (χ4n) is 1.82. The molecule has 0 spiro atoms. The summed E-state index contributed by atoms with van der Waals surface area (Å²) in [5, 5.41) is 0. The fourth-order valence-corrected chi connectivity index (χ4v) is 1.82. The highest BCUT2D eigenvalue weighted by Crippen LogP contribution is 2.14. The van der Waals surface area contributed by atoms with Crippen LogP contribution in [0.15, 0.2) is 0 Å². The van der Waals surface area contributed by atoms with Crippen molar-refractivity contribution in [3.63, 3.8) is 0 Å². The summed E-state index contributed by atoms with van der Waals surface area (Å²) < 4.78 is 0. The zero-order valence-corrected chi connectivity index (χ0v) is 8.17. The van der Waals surface area contributed by atoms with Crippen molar-refractivity contribution in [1.82, 2.24) is 9.80 Å². The second-order valence-corrected chi connectivity index (χ2v) is 3.80. The van der Waals surface area contributed by atoms with Crippen LogP contribution in [0, 0.1) is 0 Å². The van der Waals surface area contributed by atoms with Crippen LogP contribution in [0.3, 0.4) is 0 Å². The summed E-state index contributed by atoms with van der Waals surface area (Å²) in [4.78, 5) is 4.97. The molecule has 0 saturated carbocycles. The van der Waals surface area contributed by atoms with Crippen LogP contribution < -0.4 is 0 Å². The van der Waals surface area contributed by atoms with E-state index < -0.39 is 0 Å². The molecule has 0 radical (unpaired) electrons. The monoisotopic (exact) mass is 156 g/mol. The standard InChI is InChI=1S/C9H20N2/c1-8(2)11-7-5-6-10(4)9(11)3/h8-9H,5-7H2,1-4H3. The van der Waals surface area contributed by atoms with Crippen molar-refractivity contribution in [3.8, 4) is 0 Å². The quantitative estimate of drug-likeness (QED) is 0.566. The predicted octanol–water partition coefficient (Wildman–Crippen LogP) is 1.38. The van der Waals surface area contributed by atoms with Gasteiger partial charge in [-0.15, -0.1) is 0 Å². The highest BCUT2D eigenvalue weighted by molar-refractivity contribution is 4.75. The van der Waals surface area contributed by atoms with Crippen LogP contribution in [0.5, 0.6) is 0 Å². The Bertz CT molecular complexity index is 123. The minimum atomic E-state index is 0.628. The van der Waals surface area contributed by atoms with E-state index in [-0.39, 0.29) is 0 Å². The summed E-state index contributed by atoms with van der Waals surface area (Å²) in [5.41, 5.74) is 0. The molecule has 66 valence electrons. The molecule has 1 saturated heterocycles. The zero-order valence-electron chi connectivity index (χ0n) is 8.17. The van der Waals surface area contributed by atoms with E-state index in [4.69, 9.17) is 0 Å². The first-order valence-electron chi connectivity index (χ1n) is 4.59. The maximum atomic E-state index is 2.55. The van der Waals surface area contributed by atoms with Crippen molar-refractivity contribution in [2.45, 2.75) is 39.4 Å². The Kier molecular flexibility index (Phi) is 2.90. The van der Waals surface area contributed by atoms with Gasteiger partial charge in [-0.05, 0) is 34.2 Å². The van der Waals surface area contributed by atoms with Gasteiger partial charge in [0.05, 0.1) is 6.17 Å². The van der Waals surface area contributed by atoms with Crippen LogP contribution in [0.25, 0.3) is 0 Å². The van der Waals surface area contributed by atoms with E-state index in [0.29, 0.717) is 12.2 Å². The molecule has 1 atom stereocenters. The molecule has 0 aliphatic carbocycles. The minimum Gasteiger partial charge on any atom is -0.291 e. The van der Waals surface area contributed by atoms with Crippen molar-refractivity contribution in [1.29, 1.82) is 0 Å². The summed E-state index contributed by atoms with van der Waals surface area (Å²) in [6.45, 7) is 9.36. The molecule has 1 aliphatic rings. The van der Waals surface area contributed by atoms with Gasteiger partial charge in [0.2, 0.25) is 0 Å². The smallest absolute Gasteiger partial charge is 0.0593 e. The Balaban J connectivity index is 2.51. The first-order chi connectivity index (χ1) is 5.13. The predicted molar refractivity (Wildman–Crippen MR) is 48.6 cm³/mol. The van der Waals surface area contributed by atoms with Crippen molar-refractivity contribution in [2.75, 3.05) is 20.1 Å². The lowest BCUT2D eigenvalue weighted by atomic mass is 10.2. The Labute approximate surface area is 70.2 Å². The lowest BCUT2D eigenvalue weighted by Crippen LogP contribution is -2.52. The lowest BCUT2D eigenvalue weighted by Gasteiger charge is -2.42. The van der Waals surface area contributed by atoms with Gasteiger partial charge in [-0.1, -0.05) is 0 Å². The van der Waals surface area contributed by atoms with Crippen LogP contribution in [-0.2, 0) is 0 Å². The highest BCUT2D eigenvalue weighted by atomic mass is 15.4. The number of hydrogen-bond acceptors (Lipinski definition) is 2. The van der Waals surface area contributed by atoms with Crippen molar-refractivity contribution in [2.24, 2.45) is 0 Å². The van der Waals surface area contributed by atoms with E-state index in [1.54, 1.807) is 0 Å². The number of nitrogens with zero attached hydrogens (tertiary/aromatic N) is 2. The first-order valence-corrected chi connectivity index (χ1v) is 4.59. The van der Waals surface area contributed by atoms with Gasteiger partial charge in [-0.25, -0.2) is 0 Å². The molecule has 1 unspecified atom stereocenters. The van der Waals surface area contributed by atoms with Gasteiger partial charge in [-0.3, -0.25) is 9.80 Å². The normalized spacial score (nSPS) is 29.7. The van der Waals surface area contributed by atoms with Gasteiger partial charge < -0.3 is 0 Å².